The van der Waals surface area contributed by atoms with Gasteiger partial charge in [-0.15, -0.1) is 0 Å². The van der Waals surface area contributed by atoms with E-state index in [0.29, 0.717) is 14.9 Å². The number of carbonyl (C=O) groups excluding carboxylic acids is 1. The van der Waals surface area contributed by atoms with Gasteiger partial charge in [-0.1, -0.05) is 55.4 Å². The summed E-state index contributed by atoms with van der Waals surface area (Å²) in [5, 5.41) is 30.1. The van der Waals surface area contributed by atoms with Crippen LogP contribution in [-0.2, 0) is 0 Å². The summed E-state index contributed by atoms with van der Waals surface area (Å²) in [7, 11) is 0. The average Bonchev–Trinajstić information content (AvgIpc) is 2.89. The first-order chi connectivity index (χ1) is 13.3. The number of thioether (sulfide) groups is 1. The lowest BCUT2D eigenvalue weighted by Gasteiger charge is -2.35. The molecule has 1 saturated heterocycles. The highest BCUT2D eigenvalue weighted by molar-refractivity contribution is 8.24. The average molecular weight is 423 g/mol. The molecule has 2 fully saturated rings. The monoisotopic (exact) mass is 422 g/mol. The van der Waals surface area contributed by atoms with Crippen LogP contribution in [0.3, 0.4) is 0 Å². The van der Waals surface area contributed by atoms with E-state index in [0.717, 1.165) is 25.7 Å². The van der Waals surface area contributed by atoms with Gasteiger partial charge in [-0.25, -0.2) is 9.80 Å². The van der Waals surface area contributed by atoms with E-state index in [-0.39, 0.29) is 11.8 Å². The SMILES string of the molecule is CC1(C)SC(=S)N(/N=C/c2ccccc2O)[C@@H]1N(O)C(=O)NC1CCCCC1. The number of phenols is 1. The Bertz CT molecular complexity index is 765. The van der Waals surface area contributed by atoms with Gasteiger partial charge in [-0.05, 0) is 38.8 Å². The Morgan fingerprint density at radius 3 is 2.71 bits per heavy atom. The van der Waals surface area contributed by atoms with E-state index in [9.17, 15) is 15.1 Å². The summed E-state index contributed by atoms with van der Waals surface area (Å²) in [5.41, 5.74) is 0.523. The van der Waals surface area contributed by atoms with Crippen LogP contribution in [0.5, 0.6) is 5.75 Å². The minimum absolute atomic E-state index is 0.0817. The Morgan fingerprint density at radius 1 is 1.36 bits per heavy atom. The van der Waals surface area contributed by atoms with Gasteiger partial charge in [0.1, 0.15) is 5.75 Å². The number of carbonyl (C=O) groups is 1. The second kappa shape index (κ2) is 8.67. The smallest absolute Gasteiger partial charge is 0.343 e. The number of aromatic hydroxyl groups is 1. The largest absolute Gasteiger partial charge is 0.507 e. The van der Waals surface area contributed by atoms with Crippen LogP contribution in [-0.4, -0.2) is 53.9 Å². The molecule has 0 radical (unpaired) electrons. The van der Waals surface area contributed by atoms with Gasteiger partial charge in [-0.3, -0.25) is 5.21 Å². The number of hydrogen-bond donors (Lipinski definition) is 3. The number of rotatable bonds is 4. The van der Waals surface area contributed by atoms with Crippen LogP contribution in [0.1, 0.15) is 51.5 Å². The summed E-state index contributed by atoms with van der Waals surface area (Å²) in [6.07, 6.45) is 5.92. The number of phenolic OH excluding ortho intramolecular Hbond substituents is 1. The third-order valence-corrected chi connectivity index (χ3v) is 6.56. The van der Waals surface area contributed by atoms with Crippen molar-refractivity contribution in [2.24, 2.45) is 5.10 Å². The molecule has 1 heterocycles. The second-order valence-electron chi connectivity index (χ2n) is 7.62. The zero-order valence-corrected chi connectivity index (χ0v) is 17.7. The van der Waals surface area contributed by atoms with Crippen molar-refractivity contribution in [1.82, 2.24) is 15.4 Å². The summed E-state index contributed by atoms with van der Waals surface area (Å²) in [6.45, 7) is 3.81. The molecule has 3 rings (SSSR count). The maximum absolute atomic E-state index is 12.7. The summed E-state index contributed by atoms with van der Waals surface area (Å²) < 4.78 is -0.114. The Hall–Kier alpha value is -1.84. The summed E-state index contributed by atoms with van der Waals surface area (Å²) in [4.78, 5) is 12.7. The molecule has 2 aliphatic rings. The fourth-order valence-electron chi connectivity index (χ4n) is 3.55. The number of hydrogen-bond acceptors (Lipinski definition) is 6. The van der Waals surface area contributed by atoms with Gasteiger partial charge < -0.3 is 10.4 Å². The molecule has 7 nitrogen and oxygen atoms in total. The molecule has 1 saturated carbocycles. The number of hydrazone groups is 1. The van der Waals surface area contributed by atoms with Gasteiger partial charge in [0.05, 0.1) is 11.0 Å². The fourth-order valence-corrected chi connectivity index (χ4v) is 5.33. The van der Waals surface area contributed by atoms with Crippen LogP contribution in [0.2, 0.25) is 0 Å². The van der Waals surface area contributed by atoms with E-state index in [1.165, 1.54) is 29.4 Å². The molecule has 3 N–H and O–H groups in total. The molecule has 9 heteroatoms. The van der Waals surface area contributed by atoms with E-state index >= 15 is 0 Å². The fraction of sp³-hybridized carbons (Fsp3) is 0.526. The van der Waals surface area contributed by atoms with Crippen LogP contribution in [0.15, 0.2) is 29.4 Å². The maximum atomic E-state index is 12.7. The number of amides is 2. The van der Waals surface area contributed by atoms with Gasteiger partial charge in [0.15, 0.2) is 10.5 Å². The second-order valence-corrected chi connectivity index (χ2v) is 9.91. The van der Waals surface area contributed by atoms with Crippen LogP contribution in [0.4, 0.5) is 4.79 Å². The molecule has 1 atom stereocenters. The first-order valence-electron chi connectivity index (χ1n) is 9.42. The van der Waals surface area contributed by atoms with Crippen molar-refractivity contribution >= 4 is 40.5 Å². The molecule has 0 bridgehead atoms. The lowest BCUT2D eigenvalue weighted by Crippen LogP contribution is -2.57. The number of hydroxylamine groups is 2. The first-order valence-corrected chi connectivity index (χ1v) is 10.6. The Balaban J connectivity index is 1.77. The molecule has 1 aromatic carbocycles. The van der Waals surface area contributed by atoms with E-state index in [4.69, 9.17) is 12.2 Å². The molecule has 152 valence electrons. The number of para-hydroxylation sites is 1. The van der Waals surface area contributed by atoms with Crippen molar-refractivity contribution in [1.29, 1.82) is 0 Å². The predicted molar refractivity (Wildman–Crippen MR) is 115 cm³/mol. The normalized spacial score (nSPS) is 22.6. The van der Waals surface area contributed by atoms with Gasteiger partial charge in [-0.2, -0.15) is 10.2 Å². The van der Waals surface area contributed by atoms with Crippen LogP contribution in [0, 0.1) is 0 Å². The zero-order chi connectivity index (χ0) is 20.3. The highest BCUT2D eigenvalue weighted by Gasteiger charge is 2.50. The predicted octanol–water partition coefficient (Wildman–Crippen LogP) is 3.90. The van der Waals surface area contributed by atoms with E-state index < -0.39 is 16.9 Å². The Kier molecular flexibility index (Phi) is 6.47. The van der Waals surface area contributed by atoms with Crippen LogP contribution in [0.25, 0.3) is 0 Å². The summed E-state index contributed by atoms with van der Waals surface area (Å²) in [6, 6.07) is 6.33. The number of nitrogens with one attached hydrogen (secondary N) is 1. The third kappa shape index (κ3) is 4.59. The molecule has 28 heavy (non-hydrogen) atoms. The summed E-state index contributed by atoms with van der Waals surface area (Å²) >= 11 is 6.79. The van der Waals surface area contributed by atoms with Gasteiger partial charge in [0.25, 0.3) is 0 Å². The molecule has 0 aromatic heterocycles. The number of thiocarbonyl (C=S) groups is 1. The van der Waals surface area contributed by atoms with Gasteiger partial charge >= 0.3 is 6.03 Å². The topological polar surface area (TPSA) is 88.4 Å². The van der Waals surface area contributed by atoms with Crippen LogP contribution >= 0.6 is 24.0 Å². The molecule has 1 aliphatic heterocycles. The van der Waals surface area contributed by atoms with Crippen molar-refractivity contribution < 1.29 is 15.1 Å². The lowest BCUT2D eigenvalue weighted by molar-refractivity contribution is -0.119. The molecule has 1 aliphatic carbocycles. The highest BCUT2D eigenvalue weighted by atomic mass is 32.2. The van der Waals surface area contributed by atoms with Crippen molar-refractivity contribution in [2.75, 3.05) is 0 Å². The molecule has 2 amide bonds. The summed E-state index contributed by atoms with van der Waals surface area (Å²) in [5.74, 6) is 0.0933. The Morgan fingerprint density at radius 2 is 2.04 bits per heavy atom. The molecule has 0 unspecified atom stereocenters. The minimum Gasteiger partial charge on any atom is -0.507 e. The van der Waals surface area contributed by atoms with Crippen molar-refractivity contribution in [3.8, 4) is 5.75 Å². The van der Waals surface area contributed by atoms with Gasteiger partial charge in [0, 0.05) is 11.6 Å². The van der Waals surface area contributed by atoms with Crippen LogP contribution < -0.4 is 5.32 Å². The molecule has 0 spiro atoms. The van der Waals surface area contributed by atoms with Crippen molar-refractivity contribution in [3.63, 3.8) is 0 Å². The maximum Gasteiger partial charge on any atom is 0.343 e. The number of nitrogens with zero attached hydrogens (tertiary/aromatic N) is 3. The van der Waals surface area contributed by atoms with Crippen molar-refractivity contribution in [2.45, 2.75) is 62.9 Å². The lowest BCUT2D eigenvalue weighted by atomic mass is 9.96. The van der Waals surface area contributed by atoms with Gasteiger partial charge in [0.2, 0.25) is 0 Å². The first kappa shape index (κ1) is 20.9. The highest BCUT2D eigenvalue weighted by Crippen LogP contribution is 2.42. The standard InChI is InChI=1S/C19H26N4O3S2/c1-19(2)16(23(26)17(25)21-14-9-4-3-5-10-14)22(18(27)28-19)20-12-13-8-6-7-11-15(13)24/h6-8,11-12,14,16,24,26H,3-5,9-10H2,1-2H3,(H,21,25)/b20-12+/t16-/m1/s1. The Labute approximate surface area is 174 Å². The molecular formula is C19H26N4O3S2. The van der Waals surface area contributed by atoms with E-state index in [1.807, 2.05) is 13.8 Å². The van der Waals surface area contributed by atoms with Crippen molar-refractivity contribution in [3.05, 3.63) is 29.8 Å². The quantitative estimate of drug-likeness (QED) is 0.295. The number of urea groups is 1. The van der Waals surface area contributed by atoms with E-state index in [1.54, 1.807) is 24.3 Å². The number of benzene rings is 1. The molecule has 1 aromatic rings. The molecular weight excluding hydrogens is 396 g/mol. The third-order valence-electron chi connectivity index (χ3n) is 5.02. The van der Waals surface area contributed by atoms with E-state index in [2.05, 4.69) is 10.4 Å². The zero-order valence-electron chi connectivity index (χ0n) is 16.0. The minimum atomic E-state index is -0.768.